The molecule has 1 aliphatic heterocycles. The van der Waals surface area contributed by atoms with Crippen molar-refractivity contribution in [2.75, 3.05) is 25.5 Å². The molecule has 0 aromatic heterocycles. The monoisotopic (exact) mass is 277 g/mol. The zero-order valence-corrected chi connectivity index (χ0v) is 12.2. The van der Waals surface area contributed by atoms with E-state index in [4.69, 9.17) is 10.5 Å². The molecule has 2 N–H and O–H groups in total. The average molecular weight is 277 g/mol. The van der Waals surface area contributed by atoms with E-state index in [0.717, 1.165) is 19.8 Å². The van der Waals surface area contributed by atoms with Crippen molar-refractivity contribution >= 4 is 11.8 Å². The Morgan fingerprint density at radius 3 is 2.89 bits per heavy atom. The first-order valence-corrected chi connectivity index (χ1v) is 8.36. The number of fused-ring (bicyclic) bond motifs is 1. The maximum atomic E-state index is 6.02. The fraction of sp³-hybridized carbons (Fsp3) is 0.625. The van der Waals surface area contributed by atoms with Gasteiger partial charge in [0.1, 0.15) is 0 Å². The molecule has 0 saturated heterocycles. The number of ether oxygens (including phenoxy) is 1. The van der Waals surface area contributed by atoms with Crippen LogP contribution in [0.4, 0.5) is 0 Å². The first kappa shape index (κ1) is 13.5. The molecule has 19 heavy (non-hydrogen) atoms. The van der Waals surface area contributed by atoms with Gasteiger partial charge < -0.3 is 10.5 Å². The number of rotatable bonds is 5. The summed E-state index contributed by atoms with van der Waals surface area (Å²) >= 11 is 1.96. The van der Waals surface area contributed by atoms with Crippen molar-refractivity contribution < 1.29 is 4.74 Å². The van der Waals surface area contributed by atoms with Crippen LogP contribution in [-0.2, 0) is 4.74 Å². The molecule has 0 bridgehead atoms. The number of hydrogen-bond acceptors (Lipinski definition) is 3. The zero-order valence-electron chi connectivity index (χ0n) is 11.4. The molecule has 2 aliphatic rings. The Morgan fingerprint density at radius 2 is 2.00 bits per heavy atom. The second-order valence-electron chi connectivity index (χ2n) is 5.77. The van der Waals surface area contributed by atoms with E-state index in [2.05, 4.69) is 24.3 Å². The van der Waals surface area contributed by atoms with Crippen LogP contribution in [0, 0.1) is 11.8 Å². The summed E-state index contributed by atoms with van der Waals surface area (Å²) in [5.41, 5.74) is 7.30. The number of nitrogens with two attached hydrogens (primary N) is 1. The SMILES string of the molecule is NCC1CCCC1COCC1CSc2ccccc21. The second-order valence-corrected chi connectivity index (χ2v) is 6.83. The molecule has 3 unspecified atom stereocenters. The lowest BCUT2D eigenvalue weighted by Crippen LogP contribution is -2.23. The quantitative estimate of drug-likeness (QED) is 0.897. The molecule has 3 rings (SSSR count). The van der Waals surface area contributed by atoms with E-state index in [9.17, 15) is 0 Å². The molecule has 1 saturated carbocycles. The molecule has 1 heterocycles. The van der Waals surface area contributed by atoms with E-state index < -0.39 is 0 Å². The van der Waals surface area contributed by atoms with Gasteiger partial charge in [0.15, 0.2) is 0 Å². The van der Waals surface area contributed by atoms with Gasteiger partial charge in [-0.2, -0.15) is 0 Å². The third-order valence-electron chi connectivity index (χ3n) is 4.57. The first-order valence-electron chi connectivity index (χ1n) is 7.38. The highest BCUT2D eigenvalue weighted by Crippen LogP contribution is 2.39. The molecule has 1 aromatic rings. The van der Waals surface area contributed by atoms with Gasteiger partial charge in [-0.05, 0) is 42.9 Å². The number of hydrogen-bond donors (Lipinski definition) is 1. The van der Waals surface area contributed by atoms with Gasteiger partial charge in [0, 0.05) is 23.2 Å². The van der Waals surface area contributed by atoms with Crippen molar-refractivity contribution in [3.05, 3.63) is 29.8 Å². The molecule has 0 spiro atoms. The van der Waals surface area contributed by atoms with Crippen LogP contribution in [0.1, 0.15) is 30.7 Å². The Morgan fingerprint density at radius 1 is 1.16 bits per heavy atom. The maximum absolute atomic E-state index is 6.02. The molecular formula is C16H23NOS. The van der Waals surface area contributed by atoms with Crippen molar-refractivity contribution in [1.82, 2.24) is 0 Å². The van der Waals surface area contributed by atoms with Gasteiger partial charge >= 0.3 is 0 Å². The lowest BCUT2D eigenvalue weighted by atomic mass is 9.97. The van der Waals surface area contributed by atoms with E-state index in [1.165, 1.54) is 35.5 Å². The molecule has 104 valence electrons. The van der Waals surface area contributed by atoms with E-state index in [1.54, 1.807) is 0 Å². The van der Waals surface area contributed by atoms with Gasteiger partial charge in [0.2, 0.25) is 0 Å². The summed E-state index contributed by atoms with van der Waals surface area (Å²) < 4.78 is 6.02. The Bertz CT molecular complexity index is 423. The zero-order chi connectivity index (χ0) is 13.1. The fourth-order valence-electron chi connectivity index (χ4n) is 3.37. The van der Waals surface area contributed by atoms with E-state index in [1.807, 2.05) is 11.8 Å². The van der Waals surface area contributed by atoms with E-state index in [0.29, 0.717) is 17.8 Å². The fourth-order valence-corrected chi connectivity index (χ4v) is 4.61. The summed E-state index contributed by atoms with van der Waals surface area (Å²) in [5.74, 6) is 3.16. The lowest BCUT2D eigenvalue weighted by molar-refractivity contribution is 0.0799. The average Bonchev–Trinajstić information content (AvgIpc) is 3.06. The normalized spacial score (nSPS) is 29.6. The second kappa shape index (κ2) is 6.29. The van der Waals surface area contributed by atoms with Crippen molar-refractivity contribution in [3.63, 3.8) is 0 Å². The van der Waals surface area contributed by atoms with Crippen LogP contribution in [0.25, 0.3) is 0 Å². The summed E-state index contributed by atoms with van der Waals surface area (Å²) in [6, 6.07) is 8.74. The number of benzene rings is 1. The summed E-state index contributed by atoms with van der Waals surface area (Å²) in [7, 11) is 0. The van der Waals surface area contributed by atoms with Crippen molar-refractivity contribution in [1.29, 1.82) is 0 Å². The third-order valence-corrected chi connectivity index (χ3v) is 5.82. The van der Waals surface area contributed by atoms with Gasteiger partial charge in [-0.15, -0.1) is 11.8 Å². The Hall–Kier alpha value is -0.510. The predicted molar refractivity (Wildman–Crippen MR) is 80.6 cm³/mol. The molecule has 0 amide bonds. The number of thioether (sulfide) groups is 1. The van der Waals surface area contributed by atoms with E-state index in [-0.39, 0.29) is 0 Å². The standard InChI is InChI=1S/C16H23NOS/c17-8-12-4-3-5-13(12)9-18-10-14-11-19-16-7-2-1-6-15(14)16/h1-2,6-7,12-14H,3-5,8-11,17H2. The van der Waals surface area contributed by atoms with Gasteiger partial charge in [-0.1, -0.05) is 24.6 Å². The minimum absolute atomic E-state index is 0.582. The molecule has 1 aromatic carbocycles. The Kier molecular flexibility index (Phi) is 4.46. The van der Waals surface area contributed by atoms with Gasteiger partial charge in [-0.25, -0.2) is 0 Å². The van der Waals surface area contributed by atoms with Gasteiger partial charge in [0.25, 0.3) is 0 Å². The Balaban J connectivity index is 1.49. The van der Waals surface area contributed by atoms with Gasteiger partial charge in [0.05, 0.1) is 6.61 Å². The van der Waals surface area contributed by atoms with Crippen LogP contribution in [0.2, 0.25) is 0 Å². The van der Waals surface area contributed by atoms with E-state index >= 15 is 0 Å². The van der Waals surface area contributed by atoms with Crippen LogP contribution >= 0.6 is 11.8 Å². The highest BCUT2D eigenvalue weighted by molar-refractivity contribution is 7.99. The van der Waals surface area contributed by atoms with Crippen molar-refractivity contribution in [2.45, 2.75) is 30.1 Å². The molecular weight excluding hydrogens is 254 g/mol. The molecule has 0 radical (unpaired) electrons. The highest BCUT2D eigenvalue weighted by atomic mass is 32.2. The summed E-state index contributed by atoms with van der Waals surface area (Å²) in [6.07, 6.45) is 3.93. The topological polar surface area (TPSA) is 35.2 Å². The predicted octanol–water partition coefficient (Wildman–Crippen LogP) is 3.27. The van der Waals surface area contributed by atoms with Crippen LogP contribution < -0.4 is 5.73 Å². The summed E-state index contributed by atoms with van der Waals surface area (Å²) in [5, 5.41) is 0. The minimum Gasteiger partial charge on any atom is -0.380 e. The maximum Gasteiger partial charge on any atom is 0.0543 e. The molecule has 3 heteroatoms. The first-order chi connectivity index (χ1) is 9.38. The van der Waals surface area contributed by atoms with Crippen LogP contribution in [0.3, 0.4) is 0 Å². The van der Waals surface area contributed by atoms with Crippen molar-refractivity contribution in [2.24, 2.45) is 17.6 Å². The van der Waals surface area contributed by atoms with Crippen LogP contribution in [-0.4, -0.2) is 25.5 Å². The largest absolute Gasteiger partial charge is 0.380 e. The Labute approximate surface area is 120 Å². The highest BCUT2D eigenvalue weighted by Gasteiger charge is 2.27. The van der Waals surface area contributed by atoms with Gasteiger partial charge in [-0.3, -0.25) is 0 Å². The summed E-state index contributed by atoms with van der Waals surface area (Å²) in [6.45, 7) is 2.61. The van der Waals surface area contributed by atoms with Crippen LogP contribution in [0.15, 0.2) is 29.2 Å². The van der Waals surface area contributed by atoms with Crippen molar-refractivity contribution in [3.8, 4) is 0 Å². The molecule has 2 nitrogen and oxygen atoms in total. The molecule has 1 fully saturated rings. The molecule has 1 aliphatic carbocycles. The summed E-state index contributed by atoms with van der Waals surface area (Å²) in [4.78, 5) is 1.44. The molecule has 3 atom stereocenters. The third kappa shape index (κ3) is 2.99. The van der Waals surface area contributed by atoms with Crippen LogP contribution in [0.5, 0.6) is 0 Å². The lowest BCUT2D eigenvalue weighted by Gasteiger charge is -2.19. The smallest absolute Gasteiger partial charge is 0.0543 e. The minimum atomic E-state index is 0.582.